The van der Waals surface area contributed by atoms with Crippen LogP contribution in [0.15, 0.2) is 0 Å². The maximum absolute atomic E-state index is 13.3. The van der Waals surface area contributed by atoms with E-state index in [-0.39, 0.29) is 30.6 Å². The van der Waals surface area contributed by atoms with Crippen LogP contribution in [0.4, 0.5) is 26.3 Å². The van der Waals surface area contributed by atoms with Crippen molar-refractivity contribution in [2.75, 3.05) is 5.75 Å². The Balaban J connectivity index is 2.00. The number of hydrogen-bond donors (Lipinski definition) is 1. The molecule has 0 aromatic rings. The molecular formula is C14H16F6O5S. The zero-order valence-electron chi connectivity index (χ0n) is 13.2. The largest absolute Gasteiger partial charge is 0.438 e. The molecule has 2 atom stereocenters. The van der Waals surface area contributed by atoms with Gasteiger partial charge in [0.25, 0.3) is 10.1 Å². The van der Waals surface area contributed by atoms with E-state index >= 15 is 0 Å². The smallest absolute Gasteiger partial charge is 0.438 e. The van der Waals surface area contributed by atoms with Crippen molar-refractivity contribution in [3.05, 3.63) is 0 Å². The molecule has 0 radical (unpaired) electrons. The van der Waals surface area contributed by atoms with Gasteiger partial charge in [-0.3, -0.25) is 9.35 Å². The van der Waals surface area contributed by atoms with E-state index in [9.17, 15) is 39.6 Å². The molecule has 0 heterocycles. The van der Waals surface area contributed by atoms with Crippen LogP contribution in [0.2, 0.25) is 0 Å². The molecule has 4 bridgehead atoms. The Morgan fingerprint density at radius 1 is 1.00 bits per heavy atom. The number of ether oxygens (including phenoxy) is 1. The van der Waals surface area contributed by atoms with Crippen molar-refractivity contribution in [3.8, 4) is 0 Å². The molecule has 12 heteroatoms. The highest BCUT2D eigenvalue weighted by molar-refractivity contribution is 7.85. The predicted molar refractivity (Wildman–Crippen MR) is 73.3 cm³/mol. The van der Waals surface area contributed by atoms with Gasteiger partial charge < -0.3 is 4.74 Å². The van der Waals surface area contributed by atoms with E-state index < -0.39 is 45.2 Å². The number of esters is 1. The molecule has 0 aromatic heterocycles. The number of carbonyl (C=O) groups is 1. The summed E-state index contributed by atoms with van der Waals surface area (Å²) >= 11 is 0. The minimum absolute atomic E-state index is 0.0489. The number of halogens is 6. The molecule has 0 spiro atoms. The lowest BCUT2D eigenvalue weighted by Gasteiger charge is -2.39. The SMILES string of the molecule is O=C(OC(CS(=O)(=O)O)(C(F)(F)F)C(F)(F)F)C12CC3CC(CC1C3)C2. The van der Waals surface area contributed by atoms with Crippen molar-refractivity contribution >= 4 is 16.1 Å². The lowest BCUT2D eigenvalue weighted by Crippen LogP contribution is -2.64. The maximum atomic E-state index is 13.3. The molecule has 0 amide bonds. The first-order valence-corrected chi connectivity index (χ1v) is 9.53. The van der Waals surface area contributed by atoms with Gasteiger partial charge in [-0.1, -0.05) is 0 Å². The van der Waals surface area contributed by atoms with Crippen molar-refractivity contribution in [2.24, 2.45) is 23.2 Å². The Hall–Kier alpha value is -1.04. The van der Waals surface area contributed by atoms with E-state index in [0.29, 0.717) is 12.8 Å². The molecule has 4 saturated carbocycles. The van der Waals surface area contributed by atoms with Gasteiger partial charge in [0.15, 0.2) is 0 Å². The van der Waals surface area contributed by atoms with Gasteiger partial charge in [-0.05, 0) is 49.9 Å². The van der Waals surface area contributed by atoms with Crippen LogP contribution in [0.5, 0.6) is 0 Å². The van der Waals surface area contributed by atoms with Crippen molar-refractivity contribution in [2.45, 2.75) is 50.1 Å². The van der Waals surface area contributed by atoms with Crippen molar-refractivity contribution in [3.63, 3.8) is 0 Å². The summed E-state index contributed by atoms with van der Waals surface area (Å²) < 4.78 is 114. The minimum Gasteiger partial charge on any atom is -0.438 e. The topological polar surface area (TPSA) is 80.7 Å². The fourth-order valence-corrected chi connectivity index (χ4v) is 6.02. The zero-order chi connectivity index (χ0) is 19.8. The number of carbonyl (C=O) groups excluding carboxylic acids is 1. The number of rotatable bonds is 4. The molecular weight excluding hydrogens is 394 g/mol. The summed E-state index contributed by atoms with van der Waals surface area (Å²) in [6.07, 6.45) is -10.4. The summed E-state index contributed by atoms with van der Waals surface area (Å²) in [6, 6.07) is 0. The molecule has 4 fully saturated rings. The van der Waals surface area contributed by atoms with Gasteiger partial charge >= 0.3 is 23.9 Å². The molecule has 0 saturated heterocycles. The molecule has 1 N–H and O–H groups in total. The van der Waals surface area contributed by atoms with Crippen LogP contribution in [0.1, 0.15) is 32.1 Å². The molecule has 26 heavy (non-hydrogen) atoms. The summed E-state index contributed by atoms with van der Waals surface area (Å²) in [6.45, 7) is 0. The summed E-state index contributed by atoms with van der Waals surface area (Å²) in [5.74, 6) is -4.76. The van der Waals surface area contributed by atoms with E-state index in [0.717, 1.165) is 6.42 Å². The highest BCUT2D eigenvalue weighted by atomic mass is 32.2. The lowest BCUT2D eigenvalue weighted by atomic mass is 9.75. The number of alkyl halides is 6. The first kappa shape index (κ1) is 19.7. The molecule has 4 aliphatic rings. The van der Waals surface area contributed by atoms with E-state index in [1.807, 2.05) is 0 Å². The molecule has 5 nitrogen and oxygen atoms in total. The Morgan fingerprint density at radius 3 is 1.85 bits per heavy atom. The van der Waals surface area contributed by atoms with Crippen LogP contribution in [0.25, 0.3) is 0 Å². The van der Waals surface area contributed by atoms with Crippen LogP contribution >= 0.6 is 0 Å². The van der Waals surface area contributed by atoms with Crippen LogP contribution in [-0.2, 0) is 19.6 Å². The van der Waals surface area contributed by atoms with E-state index in [1.54, 1.807) is 0 Å². The second kappa shape index (κ2) is 5.49. The monoisotopic (exact) mass is 410 g/mol. The van der Waals surface area contributed by atoms with Gasteiger partial charge in [-0.15, -0.1) is 0 Å². The Labute approximate surface area is 144 Å². The Bertz CT molecular complexity index is 684. The Morgan fingerprint density at radius 2 is 1.46 bits per heavy atom. The first-order valence-electron chi connectivity index (χ1n) is 7.92. The molecule has 4 rings (SSSR count). The maximum Gasteiger partial charge on any atom is 0.438 e. The van der Waals surface area contributed by atoms with Gasteiger partial charge in [0.1, 0.15) is 5.75 Å². The molecule has 0 aromatic carbocycles. The zero-order valence-corrected chi connectivity index (χ0v) is 14.0. The molecule has 2 unspecified atom stereocenters. The summed E-state index contributed by atoms with van der Waals surface area (Å²) in [5, 5.41) is 0. The highest BCUT2D eigenvalue weighted by Crippen LogP contribution is 2.66. The standard InChI is InChI=1S/C14H16F6O5S/c15-13(16,17)12(14(18,19)20,6-26(22,23)24)25-10(21)11-4-7-1-8(5-11)3-9(11)2-7/h7-9H,1-6H2,(H,22,23,24). The molecule has 4 aliphatic carbocycles. The van der Waals surface area contributed by atoms with Crippen LogP contribution < -0.4 is 0 Å². The fraction of sp³-hybridized carbons (Fsp3) is 0.929. The third-order valence-electron chi connectivity index (χ3n) is 5.96. The van der Waals surface area contributed by atoms with Gasteiger partial charge in [0, 0.05) is 0 Å². The van der Waals surface area contributed by atoms with Crippen molar-refractivity contribution in [1.29, 1.82) is 0 Å². The van der Waals surface area contributed by atoms with E-state index in [2.05, 4.69) is 4.74 Å². The number of hydrogen-bond acceptors (Lipinski definition) is 4. The van der Waals surface area contributed by atoms with Crippen molar-refractivity contribution in [1.82, 2.24) is 0 Å². The third-order valence-corrected chi connectivity index (χ3v) is 6.74. The fourth-order valence-electron chi connectivity index (χ4n) is 5.12. The highest BCUT2D eigenvalue weighted by Gasteiger charge is 2.77. The predicted octanol–water partition coefficient (Wildman–Crippen LogP) is 3.11. The van der Waals surface area contributed by atoms with Gasteiger partial charge in [0.05, 0.1) is 5.41 Å². The molecule has 150 valence electrons. The second-order valence-corrected chi connectivity index (χ2v) is 9.09. The van der Waals surface area contributed by atoms with Gasteiger partial charge in [0.2, 0.25) is 0 Å². The average molecular weight is 410 g/mol. The normalized spacial score (nSPS) is 34.3. The van der Waals surface area contributed by atoms with Crippen molar-refractivity contribution < 1.29 is 48.8 Å². The summed E-state index contributed by atoms with van der Waals surface area (Å²) in [4.78, 5) is 12.5. The average Bonchev–Trinajstić information content (AvgIpc) is 2.79. The molecule has 0 aliphatic heterocycles. The van der Waals surface area contributed by atoms with Gasteiger partial charge in [-0.2, -0.15) is 34.8 Å². The first-order chi connectivity index (χ1) is 11.6. The van der Waals surface area contributed by atoms with E-state index in [4.69, 9.17) is 4.55 Å². The lowest BCUT2D eigenvalue weighted by molar-refractivity contribution is -0.363. The Kier molecular flexibility index (Phi) is 4.16. The van der Waals surface area contributed by atoms with E-state index in [1.165, 1.54) is 0 Å². The third kappa shape index (κ3) is 2.88. The van der Waals surface area contributed by atoms with Gasteiger partial charge in [-0.25, -0.2) is 0 Å². The van der Waals surface area contributed by atoms with Crippen LogP contribution in [0, 0.1) is 23.2 Å². The van der Waals surface area contributed by atoms with Crippen LogP contribution in [0.3, 0.4) is 0 Å². The summed E-state index contributed by atoms with van der Waals surface area (Å²) in [7, 11) is -5.76. The summed E-state index contributed by atoms with van der Waals surface area (Å²) in [5.41, 5.74) is -6.74. The van der Waals surface area contributed by atoms with Crippen LogP contribution in [-0.4, -0.2) is 42.6 Å². The second-order valence-electron chi connectivity index (χ2n) is 7.64. The minimum atomic E-state index is -6.27. The quantitative estimate of drug-likeness (QED) is 0.438.